The van der Waals surface area contributed by atoms with E-state index in [0.29, 0.717) is 22.3 Å². The Morgan fingerprint density at radius 3 is 2.70 bits per heavy atom. The van der Waals surface area contributed by atoms with Gasteiger partial charge in [-0.2, -0.15) is 0 Å². The second-order valence-corrected chi connectivity index (χ2v) is 7.90. The van der Waals surface area contributed by atoms with Crippen LogP contribution in [0.1, 0.15) is 16.8 Å². The molecule has 0 aliphatic heterocycles. The number of thiazole rings is 1. The van der Waals surface area contributed by atoms with Gasteiger partial charge in [0.2, 0.25) is 0 Å². The van der Waals surface area contributed by atoms with Crippen molar-refractivity contribution in [3.8, 4) is 5.75 Å². The first-order valence-corrected chi connectivity index (χ1v) is 9.84. The second-order valence-electron chi connectivity index (χ2n) is 6.45. The van der Waals surface area contributed by atoms with Crippen LogP contribution in [0.15, 0.2) is 42.5 Å². The van der Waals surface area contributed by atoms with Gasteiger partial charge in [-0.15, -0.1) is 0 Å². The molecule has 0 N–H and O–H groups in total. The first-order valence-electron chi connectivity index (χ1n) is 8.64. The Labute approximate surface area is 168 Å². The quantitative estimate of drug-likeness (QED) is 0.580. The summed E-state index contributed by atoms with van der Waals surface area (Å²) in [5.74, 6) is 0.655. The lowest BCUT2D eigenvalue weighted by molar-refractivity contribution is 0.0986. The monoisotopic (exact) mass is 403 g/mol. The van der Waals surface area contributed by atoms with E-state index >= 15 is 0 Å². The van der Waals surface area contributed by atoms with Crippen LogP contribution in [0.5, 0.6) is 5.75 Å². The van der Waals surface area contributed by atoms with Crippen LogP contribution in [0, 0.1) is 0 Å². The lowest BCUT2D eigenvalue weighted by Crippen LogP contribution is -2.33. The van der Waals surface area contributed by atoms with Crippen LogP contribution < -0.4 is 9.64 Å². The molecule has 142 valence electrons. The zero-order valence-corrected chi connectivity index (χ0v) is 17.2. The van der Waals surface area contributed by atoms with Gasteiger partial charge in [0, 0.05) is 23.2 Å². The van der Waals surface area contributed by atoms with E-state index in [4.69, 9.17) is 16.3 Å². The van der Waals surface area contributed by atoms with E-state index in [-0.39, 0.29) is 5.91 Å². The molecule has 3 rings (SSSR count). The number of methoxy groups -OCH3 is 1. The summed E-state index contributed by atoms with van der Waals surface area (Å²) in [5.41, 5.74) is 1.38. The SMILES string of the molecule is COc1ccc2sc(N(CCCN(C)C)C(=O)c3cccc(Cl)c3)nc2c1. The molecule has 5 nitrogen and oxygen atoms in total. The fraction of sp³-hybridized carbons (Fsp3) is 0.300. The number of hydrogen-bond donors (Lipinski definition) is 0. The van der Waals surface area contributed by atoms with Gasteiger partial charge in [-0.1, -0.05) is 29.0 Å². The average Bonchev–Trinajstić information content (AvgIpc) is 3.07. The smallest absolute Gasteiger partial charge is 0.260 e. The summed E-state index contributed by atoms with van der Waals surface area (Å²) in [4.78, 5) is 21.7. The maximum Gasteiger partial charge on any atom is 0.260 e. The number of nitrogens with zero attached hydrogens (tertiary/aromatic N) is 3. The molecular formula is C20H22ClN3O2S. The van der Waals surface area contributed by atoms with Crippen LogP contribution in [-0.2, 0) is 0 Å². The standard InChI is InChI=1S/C20H22ClN3O2S/c1-23(2)10-5-11-24(19(25)14-6-4-7-15(21)12-14)20-22-17-13-16(26-3)8-9-18(17)27-20/h4,6-9,12-13H,5,10-11H2,1-3H3. The number of anilines is 1. The van der Waals surface area contributed by atoms with Crippen molar-refractivity contribution < 1.29 is 9.53 Å². The van der Waals surface area contributed by atoms with Gasteiger partial charge < -0.3 is 9.64 Å². The number of amides is 1. The number of fused-ring (bicyclic) bond motifs is 1. The van der Waals surface area contributed by atoms with E-state index in [0.717, 1.165) is 28.9 Å². The summed E-state index contributed by atoms with van der Waals surface area (Å²) in [6.07, 6.45) is 0.846. The number of rotatable bonds is 7. The number of carbonyl (C=O) groups excluding carboxylic acids is 1. The zero-order chi connectivity index (χ0) is 19.4. The Morgan fingerprint density at radius 1 is 1.19 bits per heavy atom. The van der Waals surface area contributed by atoms with E-state index in [1.54, 1.807) is 36.3 Å². The van der Waals surface area contributed by atoms with Gasteiger partial charge >= 0.3 is 0 Å². The van der Waals surface area contributed by atoms with Crippen LogP contribution in [0.4, 0.5) is 5.13 Å². The van der Waals surface area contributed by atoms with Gasteiger partial charge in [0.1, 0.15) is 5.75 Å². The van der Waals surface area contributed by atoms with Gasteiger partial charge in [0.15, 0.2) is 5.13 Å². The van der Waals surface area contributed by atoms with E-state index in [1.807, 2.05) is 32.3 Å². The Bertz CT molecular complexity index is 942. The Kier molecular flexibility index (Phi) is 6.31. The summed E-state index contributed by atoms with van der Waals surface area (Å²) in [6, 6.07) is 12.8. The average molecular weight is 404 g/mol. The highest BCUT2D eigenvalue weighted by atomic mass is 35.5. The summed E-state index contributed by atoms with van der Waals surface area (Å²) >= 11 is 7.58. The van der Waals surface area contributed by atoms with Crippen molar-refractivity contribution in [2.75, 3.05) is 39.2 Å². The molecular weight excluding hydrogens is 382 g/mol. The van der Waals surface area contributed by atoms with Crippen molar-refractivity contribution in [1.82, 2.24) is 9.88 Å². The molecule has 1 heterocycles. The highest BCUT2D eigenvalue weighted by Gasteiger charge is 2.21. The molecule has 0 atom stereocenters. The Hall–Kier alpha value is -2.15. The normalized spacial score (nSPS) is 11.1. The van der Waals surface area contributed by atoms with E-state index in [2.05, 4.69) is 9.88 Å². The van der Waals surface area contributed by atoms with E-state index in [9.17, 15) is 4.79 Å². The molecule has 2 aromatic carbocycles. The van der Waals surface area contributed by atoms with Crippen molar-refractivity contribution >= 4 is 44.2 Å². The van der Waals surface area contributed by atoms with Crippen molar-refractivity contribution in [2.45, 2.75) is 6.42 Å². The van der Waals surface area contributed by atoms with Gasteiger partial charge in [-0.3, -0.25) is 9.69 Å². The molecule has 0 fully saturated rings. The lowest BCUT2D eigenvalue weighted by Gasteiger charge is -2.21. The molecule has 27 heavy (non-hydrogen) atoms. The van der Waals surface area contributed by atoms with Crippen LogP contribution in [0.2, 0.25) is 5.02 Å². The van der Waals surface area contributed by atoms with Crippen LogP contribution in [-0.4, -0.2) is 50.1 Å². The van der Waals surface area contributed by atoms with E-state index < -0.39 is 0 Å². The predicted octanol–water partition coefficient (Wildman–Crippen LogP) is 4.56. The highest BCUT2D eigenvalue weighted by molar-refractivity contribution is 7.22. The summed E-state index contributed by atoms with van der Waals surface area (Å²) in [6.45, 7) is 1.47. The number of halogens is 1. The summed E-state index contributed by atoms with van der Waals surface area (Å²) in [5, 5.41) is 1.23. The third-order valence-electron chi connectivity index (χ3n) is 4.12. The number of ether oxygens (including phenoxy) is 1. The van der Waals surface area contributed by atoms with Crippen molar-refractivity contribution in [2.24, 2.45) is 0 Å². The predicted molar refractivity (Wildman–Crippen MR) is 112 cm³/mol. The van der Waals surface area contributed by atoms with Crippen LogP contribution in [0.3, 0.4) is 0 Å². The van der Waals surface area contributed by atoms with Crippen LogP contribution in [0.25, 0.3) is 10.2 Å². The molecule has 0 unspecified atom stereocenters. The van der Waals surface area contributed by atoms with Crippen molar-refractivity contribution in [3.63, 3.8) is 0 Å². The molecule has 0 saturated carbocycles. The first-order chi connectivity index (χ1) is 13.0. The molecule has 0 aliphatic carbocycles. The fourth-order valence-corrected chi connectivity index (χ4v) is 3.90. The van der Waals surface area contributed by atoms with Crippen molar-refractivity contribution in [1.29, 1.82) is 0 Å². The zero-order valence-electron chi connectivity index (χ0n) is 15.6. The lowest BCUT2D eigenvalue weighted by atomic mass is 10.2. The highest BCUT2D eigenvalue weighted by Crippen LogP contribution is 2.32. The molecule has 1 amide bonds. The minimum Gasteiger partial charge on any atom is -0.497 e. The summed E-state index contributed by atoms with van der Waals surface area (Å²) in [7, 11) is 5.67. The third-order valence-corrected chi connectivity index (χ3v) is 5.41. The van der Waals surface area contributed by atoms with Gasteiger partial charge in [-0.05, 0) is 57.4 Å². The minimum atomic E-state index is -0.0951. The third kappa shape index (κ3) is 4.77. The molecule has 0 bridgehead atoms. The molecule has 3 aromatic rings. The molecule has 0 radical (unpaired) electrons. The minimum absolute atomic E-state index is 0.0951. The topological polar surface area (TPSA) is 45.7 Å². The molecule has 0 spiro atoms. The Morgan fingerprint density at radius 2 is 2.00 bits per heavy atom. The van der Waals surface area contributed by atoms with Gasteiger partial charge in [0.05, 0.1) is 17.3 Å². The van der Waals surface area contributed by atoms with Gasteiger partial charge in [-0.25, -0.2) is 4.98 Å². The second kappa shape index (κ2) is 8.69. The van der Waals surface area contributed by atoms with E-state index in [1.165, 1.54) is 11.3 Å². The fourth-order valence-electron chi connectivity index (χ4n) is 2.74. The van der Waals surface area contributed by atoms with Crippen molar-refractivity contribution in [3.05, 3.63) is 53.1 Å². The molecule has 0 saturated heterocycles. The maximum absolute atomic E-state index is 13.2. The summed E-state index contributed by atoms with van der Waals surface area (Å²) < 4.78 is 6.29. The number of benzene rings is 2. The van der Waals surface area contributed by atoms with Gasteiger partial charge in [0.25, 0.3) is 5.91 Å². The molecule has 0 aliphatic rings. The number of aromatic nitrogens is 1. The molecule has 7 heteroatoms. The number of carbonyl (C=O) groups is 1. The maximum atomic E-state index is 13.2. The largest absolute Gasteiger partial charge is 0.497 e. The van der Waals surface area contributed by atoms with Crippen LogP contribution >= 0.6 is 22.9 Å². The molecule has 1 aromatic heterocycles. The Balaban J connectivity index is 1.94. The first kappa shape index (κ1) is 19.6. The number of hydrogen-bond acceptors (Lipinski definition) is 5.